The van der Waals surface area contributed by atoms with Crippen molar-refractivity contribution in [1.82, 2.24) is 14.5 Å². The van der Waals surface area contributed by atoms with Gasteiger partial charge >= 0.3 is 0 Å². The average Bonchev–Trinajstić information content (AvgIpc) is 2.90. The summed E-state index contributed by atoms with van der Waals surface area (Å²) in [6, 6.07) is 11.6. The maximum Gasteiger partial charge on any atom is 0.144 e. The molecular weight excluding hydrogens is 224 g/mol. The first-order valence-electron chi connectivity index (χ1n) is 5.64. The van der Waals surface area contributed by atoms with Crippen LogP contribution in [0, 0.1) is 0 Å². The predicted octanol–water partition coefficient (Wildman–Crippen LogP) is 2.52. The number of nitrogen functional groups attached to an aromatic ring is 1. The van der Waals surface area contributed by atoms with Crippen molar-refractivity contribution in [2.75, 3.05) is 5.73 Å². The quantitative estimate of drug-likeness (QED) is 0.695. The van der Waals surface area contributed by atoms with Crippen molar-refractivity contribution >= 4 is 5.69 Å². The van der Waals surface area contributed by atoms with Gasteiger partial charge in [-0.15, -0.1) is 0 Å². The molecule has 0 aliphatic heterocycles. The Balaban J connectivity index is 2.10. The Bertz CT molecular complexity index is 641. The van der Waals surface area contributed by atoms with Gasteiger partial charge in [0.05, 0.1) is 5.69 Å². The van der Waals surface area contributed by atoms with Gasteiger partial charge in [-0.1, -0.05) is 0 Å². The summed E-state index contributed by atoms with van der Waals surface area (Å²) >= 11 is 0. The molecule has 0 fully saturated rings. The molecule has 2 heterocycles. The molecule has 4 heteroatoms. The first-order valence-corrected chi connectivity index (χ1v) is 5.64. The van der Waals surface area contributed by atoms with Crippen LogP contribution in [0.5, 0.6) is 0 Å². The Labute approximate surface area is 105 Å². The van der Waals surface area contributed by atoms with Crippen LogP contribution in [0.1, 0.15) is 0 Å². The summed E-state index contributed by atoms with van der Waals surface area (Å²) in [6.45, 7) is 0. The molecule has 0 spiro atoms. The van der Waals surface area contributed by atoms with Crippen molar-refractivity contribution in [2.45, 2.75) is 0 Å². The van der Waals surface area contributed by atoms with Crippen molar-refractivity contribution in [3.8, 4) is 17.1 Å². The van der Waals surface area contributed by atoms with Crippen molar-refractivity contribution in [3.63, 3.8) is 0 Å². The highest BCUT2D eigenvalue weighted by atomic mass is 15.1. The van der Waals surface area contributed by atoms with Gasteiger partial charge in [0.1, 0.15) is 5.82 Å². The third kappa shape index (κ3) is 1.84. The van der Waals surface area contributed by atoms with Crippen LogP contribution in [0.15, 0.2) is 61.2 Å². The van der Waals surface area contributed by atoms with E-state index in [-0.39, 0.29) is 0 Å². The second kappa shape index (κ2) is 4.33. The predicted molar refractivity (Wildman–Crippen MR) is 71.2 cm³/mol. The third-order valence-corrected chi connectivity index (χ3v) is 2.75. The van der Waals surface area contributed by atoms with Crippen LogP contribution in [0.4, 0.5) is 5.69 Å². The van der Waals surface area contributed by atoms with Crippen molar-refractivity contribution in [3.05, 3.63) is 61.2 Å². The van der Waals surface area contributed by atoms with Crippen LogP contribution >= 0.6 is 0 Å². The highest BCUT2D eigenvalue weighted by molar-refractivity contribution is 5.61. The lowest BCUT2D eigenvalue weighted by Crippen LogP contribution is -1.96. The Morgan fingerprint density at radius 1 is 0.889 bits per heavy atom. The molecule has 18 heavy (non-hydrogen) atoms. The van der Waals surface area contributed by atoms with Crippen LogP contribution in [0.2, 0.25) is 0 Å². The number of anilines is 1. The number of nitrogens with zero attached hydrogens (tertiary/aromatic N) is 3. The Morgan fingerprint density at radius 2 is 1.61 bits per heavy atom. The Hall–Kier alpha value is -2.62. The minimum absolute atomic E-state index is 0.751. The Morgan fingerprint density at radius 3 is 2.33 bits per heavy atom. The van der Waals surface area contributed by atoms with Gasteiger partial charge in [-0.05, 0) is 36.4 Å². The summed E-state index contributed by atoms with van der Waals surface area (Å²) < 4.78 is 2.02. The minimum atomic E-state index is 0.751. The van der Waals surface area contributed by atoms with E-state index in [0.717, 1.165) is 22.8 Å². The van der Waals surface area contributed by atoms with Gasteiger partial charge < -0.3 is 5.73 Å². The number of nitrogens with two attached hydrogens (primary N) is 1. The zero-order chi connectivity index (χ0) is 12.4. The smallest absolute Gasteiger partial charge is 0.144 e. The van der Waals surface area contributed by atoms with E-state index in [1.165, 1.54) is 0 Å². The number of pyridine rings is 1. The number of rotatable bonds is 2. The molecule has 0 saturated heterocycles. The topological polar surface area (TPSA) is 56.7 Å². The SMILES string of the molecule is Nc1ccc(-c2nccn2-c2ccncc2)cc1. The molecule has 0 unspecified atom stereocenters. The van der Waals surface area contributed by atoms with Crippen molar-refractivity contribution in [1.29, 1.82) is 0 Å². The van der Waals surface area contributed by atoms with Crippen LogP contribution < -0.4 is 5.73 Å². The molecular formula is C14H12N4. The van der Waals surface area contributed by atoms with Gasteiger partial charge in [-0.25, -0.2) is 4.98 Å². The average molecular weight is 236 g/mol. The summed E-state index contributed by atoms with van der Waals surface area (Å²) in [7, 11) is 0. The molecule has 4 nitrogen and oxygen atoms in total. The highest BCUT2D eigenvalue weighted by Gasteiger charge is 2.06. The zero-order valence-corrected chi connectivity index (χ0v) is 9.69. The van der Waals surface area contributed by atoms with E-state index in [9.17, 15) is 0 Å². The van der Waals surface area contributed by atoms with Crippen molar-refractivity contribution < 1.29 is 0 Å². The normalized spacial score (nSPS) is 10.4. The first kappa shape index (κ1) is 10.5. The fourth-order valence-corrected chi connectivity index (χ4v) is 1.86. The van der Waals surface area contributed by atoms with E-state index in [1.54, 1.807) is 18.6 Å². The number of aromatic nitrogens is 3. The Kier molecular flexibility index (Phi) is 2.53. The molecule has 1 aromatic carbocycles. The van der Waals surface area contributed by atoms with Crippen LogP contribution in [-0.4, -0.2) is 14.5 Å². The fraction of sp³-hybridized carbons (Fsp3) is 0. The molecule has 0 atom stereocenters. The largest absolute Gasteiger partial charge is 0.399 e. The van der Waals surface area contributed by atoms with E-state index >= 15 is 0 Å². The lowest BCUT2D eigenvalue weighted by molar-refractivity contribution is 1.06. The monoisotopic (exact) mass is 236 g/mol. The molecule has 88 valence electrons. The lowest BCUT2D eigenvalue weighted by Gasteiger charge is -2.07. The first-order chi connectivity index (χ1) is 8.84. The molecule has 0 amide bonds. The molecule has 0 aliphatic rings. The maximum absolute atomic E-state index is 5.69. The fourth-order valence-electron chi connectivity index (χ4n) is 1.86. The molecule has 2 N–H and O–H groups in total. The standard InChI is InChI=1S/C14H12N4/c15-12-3-1-11(2-4-12)14-17-9-10-18(14)13-5-7-16-8-6-13/h1-10H,15H2. The van der Waals surface area contributed by atoms with Gasteiger partial charge in [0.2, 0.25) is 0 Å². The summed E-state index contributed by atoms with van der Waals surface area (Å²) in [6.07, 6.45) is 7.25. The number of imidazole rings is 1. The number of benzene rings is 1. The van der Waals surface area contributed by atoms with Gasteiger partial charge in [-0.3, -0.25) is 9.55 Å². The van der Waals surface area contributed by atoms with E-state index in [0.29, 0.717) is 0 Å². The molecule has 3 aromatic rings. The van der Waals surface area contributed by atoms with Crippen LogP contribution in [0.25, 0.3) is 17.1 Å². The van der Waals surface area contributed by atoms with Gasteiger partial charge in [0, 0.05) is 36.0 Å². The summed E-state index contributed by atoms with van der Waals surface area (Å²) in [4.78, 5) is 8.41. The third-order valence-electron chi connectivity index (χ3n) is 2.75. The number of hydrogen-bond donors (Lipinski definition) is 1. The van der Waals surface area contributed by atoms with E-state index in [2.05, 4.69) is 9.97 Å². The van der Waals surface area contributed by atoms with Gasteiger partial charge in [0.25, 0.3) is 0 Å². The maximum atomic E-state index is 5.69. The van der Waals surface area contributed by atoms with E-state index < -0.39 is 0 Å². The lowest BCUT2D eigenvalue weighted by atomic mass is 10.2. The molecule has 0 saturated carbocycles. The molecule has 0 bridgehead atoms. The molecule has 0 aliphatic carbocycles. The highest BCUT2D eigenvalue weighted by Crippen LogP contribution is 2.21. The summed E-state index contributed by atoms with van der Waals surface area (Å²) in [5, 5.41) is 0. The van der Waals surface area contributed by atoms with Crippen molar-refractivity contribution in [2.24, 2.45) is 0 Å². The molecule has 0 radical (unpaired) electrons. The molecule has 3 rings (SSSR count). The minimum Gasteiger partial charge on any atom is -0.399 e. The summed E-state index contributed by atoms with van der Waals surface area (Å²) in [5.41, 5.74) is 8.51. The van der Waals surface area contributed by atoms with E-state index in [1.807, 2.05) is 47.2 Å². The number of hydrogen-bond acceptors (Lipinski definition) is 3. The summed E-state index contributed by atoms with van der Waals surface area (Å²) in [5.74, 6) is 0.890. The second-order valence-corrected chi connectivity index (χ2v) is 3.95. The zero-order valence-electron chi connectivity index (χ0n) is 9.69. The van der Waals surface area contributed by atoms with Crippen LogP contribution in [0.3, 0.4) is 0 Å². The van der Waals surface area contributed by atoms with Gasteiger partial charge in [0.15, 0.2) is 0 Å². The second-order valence-electron chi connectivity index (χ2n) is 3.95. The van der Waals surface area contributed by atoms with Gasteiger partial charge in [-0.2, -0.15) is 0 Å². The van der Waals surface area contributed by atoms with E-state index in [4.69, 9.17) is 5.73 Å². The molecule has 2 aromatic heterocycles. The van der Waals surface area contributed by atoms with Crippen LogP contribution in [-0.2, 0) is 0 Å².